The standard InChI is InChI=1S/C9H16O/c1-8(6-7-10)9-4-2-3-5-9/h9-10H,1-7H2. The van der Waals surface area contributed by atoms with E-state index in [1.54, 1.807) is 0 Å². The highest BCUT2D eigenvalue weighted by atomic mass is 16.2. The number of rotatable bonds is 3. The Morgan fingerprint density at radius 1 is 1.40 bits per heavy atom. The fourth-order valence-corrected chi connectivity index (χ4v) is 1.68. The van der Waals surface area contributed by atoms with Crippen molar-refractivity contribution in [3.63, 3.8) is 0 Å². The van der Waals surface area contributed by atoms with Gasteiger partial charge in [0.15, 0.2) is 0 Å². The van der Waals surface area contributed by atoms with Gasteiger partial charge in [-0.15, -0.1) is 0 Å². The zero-order valence-corrected chi connectivity index (χ0v) is 6.47. The highest BCUT2D eigenvalue weighted by Crippen LogP contribution is 2.31. The summed E-state index contributed by atoms with van der Waals surface area (Å²) >= 11 is 0. The maximum absolute atomic E-state index is 8.64. The second-order valence-electron chi connectivity index (χ2n) is 3.11. The van der Waals surface area contributed by atoms with E-state index in [0.717, 1.165) is 12.3 Å². The molecule has 0 aromatic rings. The van der Waals surface area contributed by atoms with Crippen molar-refractivity contribution >= 4 is 0 Å². The predicted octanol–water partition coefficient (Wildman–Crippen LogP) is 2.12. The third kappa shape index (κ3) is 1.84. The average molecular weight is 140 g/mol. The summed E-state index contributed by atoms with van der Waals surface area (Å²) < 4.78 is 0. The highest BCUT2D eigenvalue weighted by molar-refractivity contribution is 5.02. The largest absolute Gasteiger partial charge is 0.396 e. The van der Waals surface area contributed by atoms with E-state index in [2.05, 4.69) is 6.58 Å². The summed E-state index contributed by atoms with van der Waals surface area (Å²) in [5.41, 5.74) is 1.26. The van der Waals surface area contributed by atoms with E-state index < -0.39 is 0 Å². The Morgan fingerprint density at radius 2 is 2.00 bits per heavy atom. The van der Waals surface area contributed by atoms with Crippen molar-refractivity contribution < 1.29 is 5.11 Å². The van der Waals surface area contributed by atoms with Gasteiger partial charge in [0.1, 0.15) is 0 Å². The Balaban J connectivity index is 2.25. The second kappa shape index (κ2) is 3.77. The molecule has 1 nitrogen and oxygen atoms in total. The minimum absolute atomic E-state index is 0.273. The van der Waals surface area contributed by atoms with Crippen molar-refractivity contribution in [1.29, 1.82) is 0 Å². The molecule has 0 aromatic carbocycles. The molecule has 0 saturated heterocycles. The lowest BCUT2D eigenvalue weighted by Crippen LogP contribution is -1.99. The van der Waals surface area contributed by atoms with Crippen molar-refractivity contribution in [1.82, 2.24) is 0 Å². The quantitative estimate of drug-likeness (QED) is 0.595. The van der Waals surface area contributed by atoms with E-state index in [-0.39, 0.29) is 6.61 Å². The molecule has 0 bridgehead atoms. The van der Waals surface area contributed by atoms with Crippen LogP contribution in [0.2, 0.25) is 0 Å². The molecule has 1 saturated carbocycles. The van der Waals surface area contributed by atoms with Crippen LogP contribution in [0.25, 0.3) is 0 Å². The first-order valence-electron chi connectivity index (χ1n) is 4.13. The normalized spacial score (nSPS) is 19.7. The number of aliphatic hydroxyl groups is 1. The average Bonchev–Trinajstić information content (AvgIpc) is 2.38. The zero-order valence-electron chi connectivity index (χ0n) is 6.47. The second-order valence-corrected chi connectivity index (χ2v) is 3.11. The van der Waals surface area contributed by atoms with Gasteiger partial charge in [0, 0.05) is 6.61 Å². The highest BCUT2D eigenvalue weighted by Gasteiger charge is 2.16. The molecule has 0 radical (unpaired) electrons. The van der Waals surface area contributed by atoms with E-state index >= 15 is 0 Å². The SMILES string of the molecule is C=C(CCO)C1CCCC1. The molecule has 0 amide bonds. The van der Waals surface area contributed by atoms with E-state index in [9.17, 15) is 0 Å². The van der Waals surface area contributed by atoms with E-state index in [1.165, 1.54) is 31.3 Å². The molecule has 1 aliphatic rings. The molecular weight excluding hydrogens is 124 g/mol. The minimum Gasteiger partial charge on any atom is -0.396 e. The number of hydrogen-bond donors (Lipinski definition) is 1. The summed E-state index contributed by atoms with van der Waals surface area (Å²) in [6, 6.07) is 0. The molecule has 58 valence electrons. The maximum Gasteiger partial charge on any atom is 0.0468 e. The van der Waals surface area contributed by atoms with Crippen LogP contribution in [0.4, 0.5) is 0 Å². The topological polar surface area (TPSA) is 20.2 Å². The summed E-state index contributed by atoms with van der Waals surface area (Å²) in [7, 11) is 0. The third-order valence-corrected chi connectivity index (χ3v) is 2.37. The molecule has 10 heavy (non-hydrogen) atoms. The molecular formula is C9H16O. The van der Waals surface area contributed by atoms with Crippen LogP contribution in [0.1, 0.15) is 32.1 Å². The Kier molecular flexibility index (Phi) is 2.94. The molecule has 0 aromatic heterocycles. The Hall–Kier alpha value is -0.300. The van der Waals surface area contributed by atoms with Gasteiger partial charge in [0.05, 0.1) is 0 Å². The van der Waals surface area contributed by atoms with Crippen LogP contribution in [0, 0.1) is 5.92 Å². The smallest absolute Gasteiger partial charge is 0.0468 e. The molecule has 0 heterocycles. The van der Waals surface area contributed by atoms with Gasteiger partial charge in [-0.1, -0.05) is 25.0 Å². The first-order chi connectivity index (χ1) is 4.84. The Morgan fingerprint density at radius 3 is 2.50 bits per heavy atom. The van der Waals surface area contributed by atoms with Crippen LogP contribution < -0.4 is 0 Å². The summed E-state index contributed by atoms with van der Waals surface area (Å²) in [5, 5.41) is 8.64. The van der Waals surface area contributed by atoms with E-state index in [1.807, 2.05) is 0 Å². The van der Waals surface area contributed by atoms with Gasteiger partial charge in [-0.3, -0.25) is 0 Å². The maximum atomic E-state index is 8.64. The van der Waals surface area contributed by atoms with Crippen molar-refractivity contribution in [2.24, 2.45) is 5.92 Å². The van der Waals surface area contributed by atoms with Gasteiger partial charge in [0.25, 0.3) is 0 Å². The molecule has 0 unspecified atom stereocenters. The van der Waals surface area contributed by atoms with Gasteiger partial charge in [-0.25, -0.2) is 0 Å². The fraction of sp³-hybridized carbons (Fsp3) is 0.778. The monoisotopic (exact) mass is 140 g/mol. The van der Waals surface area contributed by atoms with Gasteiger partial charge in [0.2, 0.25) is 0 Å². The lowest BCUT2D eigenvalue weighted by molar-refractivity contribution is 0.294. The van der Waals surface area contributed by atoms with Crippen LogP contribution >= 0.6 is 0 Å². The van der Waals surface area contributed by atoms with Gasteiger partial charge >= 0.3 is 0 Å². The van der Waals surface area contributed by atoms with E-state index in [4.69, 9.17) is 5.11 Å². The fourth-order valence-electron chi connectivity index (χ4n) is 1.68. The predicted molar refractivity (Wildman–Crippen MR) is 42.8 cm³/mol. The number of aliphatic hydroxyl groups excluding tert-OH is 1. The molecule has 1 rings (SSSR count). The lowest BCUT2D eigenvalue weighted by atomic mass is 9.97. The molecule has 0 aliphatic heterocycles. The molecule has 0 atom stereocenters. The minimum atomic E-state index is 0.273. The van der Waals surface area contributed by atoms with Crippen LogP contribution in [-0.4, -0.2) is 11.7 Å². The van der Waals surface area contributed by atoms with Crippen LogP contribution in [0.15, 0.2) is 12.2 Å². The summed E-state index contributed by atoms with van der Waals surface area (Å²) in [6.45, 7) is 4.24. The van der Waals surface area contributed by atoms with Gasteiger partial charge < -0.3 is 5.11 Å². The van der Waals surface area contributed by atoms with Crippen molar-refractivity contribution in [3.8, 4) is 0 Å². The summed E-state index contributed by atoms with van der Waals surface area (Å²) in [6.07, 6.45) is 6.13. The Bertz CT molecular complexity index is 112. The molecule has 1 aliphatic carbocycles. The van der Waals surface area contributed by atoms with Gasteiger partial charge in [-0.2, -0.15) is 0 Å². The van der Waals surface area contributed by atoms with Crippen molar-refractivity contribution in [3.05, 3.63) is 12.2 Å². The zero-order chi connectivity index (χ0) is 7.40. The van der Waals surface area contributed by atoms with Crippen LogP contribution in [0.5, 0.6) is 0 Å². The van der Waals surface area contributed by atoms with Crippen LogP contribution in [-0.2, 0) is 0 Å². The number of hydrogen-bond acceptors (Lipinski definition) is 1. The first-order valence-corrected chi connectivity index (χ1v) is 4.13. The van der Waals surface area contributed by atoms with Gasteiger partial charge in [-0.05, 0) is 25.2 Å². The first kappa shape index (κ1) is 7.80. The molecule has 0 spiro atoms. The van der Waals surface area contributed by atoms with Crippen molar-refractivity contribution in [2.45, 2.75) is 32.1 Å². The van der Waals surface area contributed by atoms with E-state index in [0.29, 0.717) is 0 Å². The molecule has 1 N–H and O–H groups in total. The summed E-state index contributed by atoms with van der Waals surface area (Å²) in [4.78, 5) is 0. The summed E-state index contributed by atoms with van der Waals surface area (Å²) in [5.74, 6) is 0.729. The lowest BCUT2D eigenvalue weighted by Gasteiger charge is -2.10. The molecule has 1 heteroatoms. The third-order valence-electron chi connectivity index (χ3n) is 2.37. The van der Waals surface area contributed by atoms with Crippen LogP contribution in [0.3, 0.4) is 0 Å². The molecule has 1 fully saturated rings. The Labute approximate surface area is 62.8 Å². The van der Waals surface area contributed by atoms with Crippen molar-refractivity contribution in [2.75, 3.05) is 6.61 Å².